The van der Waals surface area contributed by atoms with Gasteiger partial charge in [0.25, 0.3) is 0 Å². The molecule has 1 aromatic heterocycles. The van der Waals surface area contributed by atoms with Gasteiger partial charge in [-0.1, -0.05) is 12.1 Å². The van der Waals surface area contributed by atoms with Gasteiger partial charge >= 0.3 is 0 Å². The number of nitrogen functional groups attached to an aromatic ring is 1. The van der Waals surface area contributed by atoms with Gasteiger partial charge in [-0.25, -0.2) is 0 Å². The van der Waals surface area contributed by atoms with Crippen molar-refractivity contribution in [3.05, 3.63) is 46.2 Å². The summed E-state index contributed by atoms with van der Waals surface area (Å²) in [7, 11) is 0. The second-order valence-corrected chi connectivity index (χ2v) is 3.07. The first-order valence-corrected chi connectivity index (χ1v) is 4.06. The maximum absolute atomic E-state index is 11.6. The van der Waals surface area contributed by atoms with E-state index >= 15 is 0 Å². The van der Waals surface area contributed by atoms with Crippen LogP contribution in [0.5, 0.6) is 0 Å². The topological polar surface area (TPSA) is 48.0 Å². The molecule has 3 nitrogen and oxygen atoms in total. The highest BCUT2D eigenvalue weighted by atomic mass is 16.1. The Morgan fingerprint density at radius 2 is 2.00 bits per heavy atom. The van der Waals surface area contributed by atoms with Crippen LogP contribution in [-0.4, -0.2) is 4.68 Å². The van der Waals surface area contributed by atoms with E-state index < -0.39 is 0 Å². The highest BCUT2D eigenvalue weighted by Crippen LogP contribution is 2.07. The average molecular weight is 174 g/mol. The summed E-state index contributed by atoms with van der Waals surface area (Å²) < 4.78 is 1.48. The van der Waals surface area contributed by atoms with Crippen molar-refractivity contribution in [2.24, 2.45) is 0 Å². The first kappa shape index (κ1) is 7.86. The highest BCUT2D eigenvalue weighted by molar-refractivity contribution is 5.79. The molecule has 0 aliphatic carbocycles. The lowest BCUT2D eigenvalue weighted by Crippen LogP contribution is -2.17. The second kappa shape index (κ2) is 2.62. The lowest BCUT2D eigenvalue weighted by molar-refractivity contribution is 1.02. The zero-order chi connectivity index (χ0) is 9.42. The molecule has 1 heterocycles. The SMILES string of the molecule is Cc1cn(N)c2ccccc2c1=O. The van der Waals surface area contributed by atoms with Gasteiger partial charge in [-0.05, 0) is 19.1 Å². The average Bonchev–Trinajstić information content (AvgIpc) is 2.15. The van der Waals surface area contributed by atoms with Crippen molar-refractivity contribution in [2.45, 2.75) is 6.92 Å². The van der Waals surface area contributed by atoms with E-state index in [-0.39, 0.29) is 5.43 Å². The van der Waals surface area contributed by atoms with Crippen LogP contribution in [0.15, 0.2) is 35.3 Å². The number of para-hydroxylation sites is 1. The molecule has 13 heavy (non-hydrogen) atoms. The number of rotatable bonds is 0. The van der Waals surface area contributed by atoms with Crippen molar-refractivity contribution in [1.29, 1.82) is 0 Å². The number of pyridine rings is 1. The molecule has 2 rings (SSSR count). The Balaban J connectivity index is 3.06. The lowest BCUT2D eigenvalue weighted by atomic mass is 10.1. The maximum Gasteiger partial charge on any atom is 0.192 e. The Kier molecular flexibility index (Phi) is 1.59. The third-order valence-electron chi connectivity index (χ3n) is 2.12. The first-order valence-electron chi connectivity index (χ1n) is 4.06. The first-order chi connectivity index (χ1) is 6.20. The van der Waals surface area contributed by atoms with Gasteiger partial charge < -0.3 is 5.84 Å². The minimum absolute atomic E-state index is 0.0531. The quantitative estimate of drug-likeness (QED) is 0.606. The Morgan fingerprint density at radius 1 is 1.31 bits per heavy atom. The van der Waals surface area contributed by atoms with E-state index in [0.29, 0.717) is 10.9 Å². The molecule has 0 bridgehead atoms. The Hall–Kier alpha value is -1.77. The fraction of sp³-hybridized carbons (Fsp3) is 0.100. The van der Waals surface area contributed by atoms with E-state index in [9.17, 15) is 4.79 Å². The third-order valence-corrected chi connectivity index (χ3v) is 2.12. The summed E-state index contributed by atoms with van der Waals surface area (Å²) >= 11 is 0. The fourth-order valence-electron chi connectivity index (χ4n) is 1.44. The molecule has 0 saturated heterocycles. The molecule has 0 fully saturated rings. The van der Waals surface area contributed by atoms with Gasteiger partial charge in [-0.2, -0.15) is 0 Å². The van der Waals surface area contributed by atoms with Crippen LogP contribution in [0, 0.1) is 6.92 Å². The van der Waals surface area contributed by atoms with E-state index in [4.69, 9.17) is 5.84 Å². The number of hydrogen-bond donors (Lipinski definition) is 1. The molecule has 0 aliphatic heterocycles. The molecule has 0 amide bonds. The monoisotopic (exact) mass is 174 g/mol. The number of fused-ring (bicyclic) bond motifs is 1. The maximum atomic E-state index is 11.6. The molecule has 0 saturated carbocycles. The molecule has 3 heteroatoms. The molecule has 0 unspecified atom stereocenters. The van der Waals surface area contributed by atoms with E-state index in [1.165, 1.54) is 4.68 Å². The van der Waals surface area contributed by atoms with Gasteiger partial charge in [0, 0.05) is 17.1 Å². The van der Waals surface area contributed by atoms with Crippen molar-refractivity contribution < 1.29 is 0 Å². The summed E-state index contributed by atoms with van der Waals surface area (Å²) in [5, 5.41) is 0.671. The largest absolute Gasteiger partial charge is 0.339 e. The third kappa shape index (κ3) is 1.09. The van der Waals surface area contributed by atoms with Crippen LogP contribution in [0.3, 0.4) is 0 Å². The molecule has 2 N–H and O–H groups in total. The second-order valence-electron chi connectivity index (χ2n) is 3.07. The Morgan fingerprint density at radius 3 is 2.77 bits per heavy atom. The molecule has 1 aromatic carbocycles. The fourth-order valence-corrected chi connectivity index (χ4v) is 1.44. The number of aromatic nitrogens is 1. The van der Waals surface area contributed by atoms with Crippen molar-refractivity contribution >= 4 is 10.9 Å². The van der Waals surface area contributed by atoms with Crippen molar-refractivity contribution in [1.82, 2.24) is 4.68 Å². The zero-order valence-electron chi connectivity index (χ0n) is 7.32. The van der Waals surface area contributed by atoms with Crippen LogP contribution in [-0.2, 0) is 0 Å². The number of nitrogens with two attached hydrogens (primary N) is 1. The smallest absolute Gasteiger partial charge is 0.192 e. The predicted octanol–water partition coefficient (Wildman–Crippen LogP) is 1.02. The van der Waals surface area contributed by atoms with Crippen LogP contribution >= 0.6 is 0 Å². The van der Waals surface area contributed by atoms with E-state index in [1.807, 2.05) is 18.2 Å². The summed E-state index contributed by atoms with van der Waals surface area (Å²) in [6, 6.07) is 7.31. The Labute approximate surface area is 75.4 Å². The lowest BCUT2D eigenvalue weighted by Gasteiger charge is -2.05. The number of hydrogen-bond acceptors (Lipinski definition) is 2. The molecule has 0 radical (unpaired) electrons. The predicted molar refractivity (Wildman–Crippen MR) is 53.1 cm³/mol. The molecular formula is C10H10N2O. The summed E-state index contributed by atoms with van der Waals surface area (Å²) in [5.41, 5.74) is 1.48. The normalized spacial score (nSPS) is 10.5. The van der Waals surface area contributed by atoms with E-state index in [1.54, 1.807) is 19.2 Å². The van der Waals surface area contributed by atoms with Crippen molar-refractivity contribution in [2.75, 3.05) is 5.84 Å². The van der Waals surface area contributed by atoms with Crippen molar-refractivity contribution in [3.8, 4) is 0 Å². The minimum Gasteiger partial charge on any atom is -0.339 e. The standard InChI is InChI=1S/C10H10N2O/c1-7-6-12(11)9-5-3-2-4-8(9)10(7)13/h2-6H,11H2,1H3. The summed E-state index contributed by atoms with van der Waals surface area (Å²) in [6.07, 6.45) is 1.64. The van der Waals surface area contributed by atoms with Gasteiger partial charge in [0.2, 0.25) is 0 Å². The van der Waals surface area contributed by atoms with Gasteiger partial charge in [0.15, 0.2) is 5.43 Å². The molecule has 0 aliphatic rings. The zero-order valence-corrected chi connectivity index (χ0v) is 7.32. The highest BCUT2D eigenvalue weighted by Gasteiger charge is 2.02. The van der Waals surface area contributed by atoms with Crippen LogP contribution in [0.25, 0.3) is 10.9 Å². The van der Waals surface area contributed by atoms with Crippen LogP contribution < -0.4 is 11.3 Å². The number of aryl methyl sites for hydroxylation is 1. The molecule has 0 spiro atoms. The summed E-state index contributed by atoms with van der Waals surface area (Å²) in [5.74, 6) is 5.70. The van der Waals surface area contributed by atoms with Gasteiger partial charge in [-0.3, -0.25) is 9.47 Å². The summed E-state index contributed by atoms with van der Waals surface area (Å²) in [6.45, 7) is 1.76. The van der Waals surface area contributed by atoms with E-state index in [0.717, 1.165) is 5.52 Å². The molecule has 0 atom stereocenters. The van der Waals surface area contributed by atoms with Crippen molar-refractivity contribution in [3.63, 3.8) is 0 Å². The number of benzene rings is 1. The van der Waals surface area contributed by atoms with Crippen LogP contribution in [0.2, 0.25) is 0 Å². The molecule has 66 valence electrons. The van der Waals surface area contributed by atoms with Crippen LogP contribution in [0.4, 0.5) is 0 Å². The van der Waals surface area contributed by atoms with Crippen LogP contribution in [0.1, 0.15) is 5.56 Å². The van der Waals surface area contributed by atoms with Gasteiger partial charge in [-0.15, -0.1) is 0 Å². The van der Waals surface area contributed by atoms with E-state index in [2.05, 4.69) is 0 Å². The molecular weight excluding hydrogens is 164 g/mol. The Bertz CT molecular complexity index is 514. The van der Waals surface area contributed by atoms with Gasteiger partial charge in [0.05, 0.1) is 5.52 Å². The molecule has 2 aromatic rings. The summed E-state index contributed by atoms with van der Waals surface area (Å²) in [4.78, 5) is 11.6. The number of nitrogens with zero attached hydrogens (tertiary/aromatic N) is 1. The minimum atomic E-state index is 0.0531. The van der Waals surface area contributed by atoms with Gasteiger partial charge in [0.1, 0.15) is 0 Å².